The molecule has 0 radical (unpaired) electrons. The number of fused-ring (bicyclic) bond motifs is 1. The molecule has 21 heavy (non-hydrogen) atoms. The Hall–Kier alpha value is -1.95. The van der Waals surface area contributed by atoms with Gasteiger partial charge in [-0.25, -0.2) is 9.18 Å². The van der Waals surface area contributed by atoms with E-state index in [1.807, 2.05) is 6.92 Å². The van der Waals surface area contributed by atoms with E-state index in [1.54, 1.807) is 13.0 Å². The first-order valence-electron chi connectivity index (χ1n) is 6.66. The van der Waals surface area contributed by atoms with Crippen molar-refractivity contribution in [3.63, 3.8) is 0 Å². The molecule has 1 aromatic carbocycles. The van der Waals surface area contributed by atoms with Crippen molar-refractivity contribution in [3.05, 3.63) is 34.5 Å². The number of carbonyl (C=O) groups is 2. The first-order valence-corrected chi connectivity index (χ1v) is 7.48. The Balaban J connectivity index is 2.30. The molecule has 0 aliphatic carbocycles. The Morgan fingerprint density at radius 1 is 1.43 bits per heavy atom. The zero-order valence-electron chi connectivity index (χ0n) is 11.8. The second kappa shape index (κ2) is 6.22. The van der Waals surface area contributed by atoms with Crippen LogP contribution in [0.4, 0.5) is 4.39 Å². The minimum absolute atomic E-state index is 0.356. The van der Waals surface area contributed by atoms with Gasteiger partial charge in [0, 0.05) is 4.70 Å². The number of carboxylic acid groups (broad SMARTS) is 1. The van der Waals surface area contributed by atoms with Gasteiger partial charge in [0.2, 0.25) is 0 Å². The van der Waals surface area contributed by atoms with Gasteiger partial charge in [-0.05, 0) is 36.4 Å². The second-order valence-electron chi connectivity index (χ2n) is 4.85. The summed E-state index contributed by atoms with van der Waals surface area (Å²) < 4.78 is 13.9. The number of carbonyl (C=O) groups excluding carboxylic acids is 1. The lowest BCUT2D eigenvalue weighted by atomic mass is 10.1. The molecule has 1 unspecified atom stereocenters. The summed E-state index contributed by atoms with van der Waals surface area (Å²) in [7, 11) is 0. The van der Waals surface area contributed by atoms with Gasteiger partial charge >= 0.3 is 5.97 Å². The summed E-state index contributed by atoms with van der Waals surface area (Å²) in [6, 6.07) is 3.46. The highest BCUT2D eigenvalue weighted by molar-refractivity contribution is 7.21. The number of benzene rings is 1. The van der Waals surface area contributed by atoms with Gasteiger partial charge in [0.15, 0.2) is 0 Å². The third-order valence-electron chi connectivity index (χ3n) is 3.29. The van der Waals surface area contributed by atoms with Crippen molar-refractivity contribution >= 4 is 33.3 Å². The van der Waals surface area contributed by atoms with E-state index in [0.717, 1.165) is 10.9 Å². The molecule has 0 aliphatic rings. The first-order chi connectivity index (χ1) is 9.93. The largest absolute Gasteiger partial charge is 0.480 e. The lowest BCUT2D eigenvalue weighted by Gasteiger charge is -2.13. The molecule has 1 atom stereocenters. The van der Waals surface area contributed by atoms with Gasteiger partial charge in [0.1, 0.15) is 11.9 Å². The first kappa shape index (κ1) is 15.4. The van der Waals surface area contributed by atoms with E-state index in [4.69, 9.17) is 5.11 Å². The summed E-state index contributed by atoms with van der Waals surface area (Å²) in [5.74, 6) is -1.82. The average molecular weight is 309 g/mol. The molecule has 4 nitrogen and oxygen atoms in total. The van der Waals surface area contributed by atoms with E-state index in [9.17, 15) is 14.0 Å². The third kappa shape index (κ3) is 3.21. The van der Waals surface area contributed by atoms with Crippen LogP contribution in [0.5, 0.6) is 0 Å². The summed E-state index contributed by atoms with van der Waals surface area (Å²) in [5, 5.41) is 12.4. The molecule has 0 bridgehead atoms. The van der Waals surface area contributed by atoms with E-state index < -0.39 is 17.9 Å². The van der Waals surface area contributed by atoms with E-state index in [-0.39, 0.29) is 5.82 Å². The van der Waals surface area contributed by atoms with Gasteiger partial charge in [-0.2, -0.15) is 0 Å². The lowest BCUT2D eigenvalue weighted by molar-refractivity contribution is -0.139. The van der Waals surface area contributed by atoms with Crippen LogP contribution < -0.4 is 5.32 Å². The van der Waals surface area contributed by atoms with E-state index in [2.05, 4.69) is 5.32 Å². The molecule has 112 valence electrons. The third-order valence-corrected chi connectivity index (χ3v) is 4.54. The van der Waals surface area contributed by atoms with Crippen LogP contribution in [0.25, 0.3) is 10.1 Å². The summed E-state index contributed by atoms with van der Waals surface area (Å²) in [5.41, 5.74) is 0.744. The number of rotatable bonds is 5. The molecule has 2 rings (SSSR count). The Morgan fingerprint density at radius 3 is 2.76 bits per heavy atom. The molecule has 0 saturated heterocycles. The van der Waals surface area contributed by atoms with Gasteiger partial charge in [0.05, 0.1) is 4.88 Å². The highest BCUT2D eigenvalue weighted by Gasteiger charge is 2.22. The quantitative estimate of drug-likeness (QED) is 0.890. The van der Waals surface area contributed by atoms with Crippen LogP contribution in [0, 0.1) is 12.7 Å². The predicted octanol–water partition coefficient (Wildman–Crippen LogP) is 3.33. The zero-order valence-corrected chi connectivity index (χ0v) is 12.6. The number of amides is 1. The number of thiophene rings is 1. The molecular formula is C15H16FNO3S. The Kier molecular flexibility index (Phi) is 4.57. The highest BCUT2D eigenvalue weighted by Crippen LogP contribution is 2.31. The van der Waals surface area contributed by atoms with Crippen molar-refractivity contribution in [1.82, 2.24) is 5.32 Å². The fourth-order valence-corrected chi connectivity index (χ4v) is 3.32. The normalized spacial score (nSPS) is 12.3. The van der Waals surface area contributed by atoms with Crippen LogP contribution >= 0.6 is 11.3 Å². The zero-order chi connectivity index (χ0) is 15.6. The topological polar surface area (TPSA) is 66.4 Å². The molecule has 1 aromatic heterocycles. The molecule has 6 heteroatoms. The van der Waals surface area contributed by atoms with Crippen molar-refractivity contribution in [2.75, 3.05) is 0 Å². The summed E-state index contributed by atoms with van der Waals surface area (Å²) in [4.78, 5) is 23.8. The number of aryl methyl sites for hydroxylation is 1. The standard InChI is InChI=1S/C15H16FNO3S/c1-3-4-11(15(19)20)17-14(18)13-8(2)10-6-5-9(16)7-12(10)21-13/h5-7,11H,3-4H2,1-2H3,(H,17,18)(H,19,20). The monoisotopic (exact) mass is 309 g/mol. The molecule has 0 aliphatic heterocycles. The van der Waals surface area contributed by atoms with Crippen LogP contribution in [-0.4, -0.2) is 23.0 Å². The van der Waals surface area contributed by atoms with Crippen molar-refractivity contribution in [3.8, 4) is 0 Å². The average Bonchev–Trinajstić information content (AvgIpc) is 2.74. The van der Waals surface area contributed by atoms with Crippen molar-refractivity contribution in [2.24, 2.45) is 0 Å². The number of halogens is 1. The lowest BCUT2D eigenvalue weighted by Crippen LogP contribution is -2.40. The number of nitrogens with one attached hydrogen (secondary N) is 1. The number of aliphatic carboxylic acids is 1. The van der Waals surface area contributed by atoms with Gasteiger partial charge in [-0.1, -0.05) is 19.4 Å². The minimum Gasteiger partial charge on any atom is -0.480 e. The molecule has 2 aromatic rings. The predicted molar refractivity (Wildman–Crippen MR) is 80.3 cm³/mol. The van der Waals surface area contributed by atoms with Crippen LogP contribution in [0.2, 0.25) is 0 Å². The molecular weight excluding hydrogens is 293 g/mol. The summed E-state index contributed by atoms with van der Waals surface area (Å²) >= 11 is 1.17. The Labute approximate surface area is 125 Å². The van der Waals surface area contributed by atoms with Crippen molar-refractivity contribution < 1.29 is 19.1 Å². The summed E-state index contributed by atoms with van der Waals surface area (Å²) in [6.45, 7) is 3.64. The fourth-order valence-electron chi connectivity index (χ4n) is 2.19. The van der Waals surface area contributed by atoms with Crippen LogP contribution in [0.15, 0.2) is 18.2 Å². The van der Waals surface area contributed by atoms with Crippen LogP contribution in [0.3, 0.4) is 0 Å². The van der Waals surface area contributed by atoms with E-state index in [0.29, 0.717) is 22.4 Å². The maximum absolute atomic E-state index is 13.2. The number of carboxylic acids is 1. The minimum atomic E-state index is -1.05. The second-order valence-corrected chi connectivity index (χ2v) is 5.90. The highest BCUT2D eigenvalue weighted by atomic mass is 32.1. The van der Waals surface area contributed by atoms with Crippen LogP contribution in [-0.2, 0) is 4.79 Å². The molecule has 0 spiro atoms. The van der Waals surface area contributed by atoms with Crippen molar-refractivity contribution in [2.45, 2.75) is 32.7 Å². The molecule has 1 heterocycles. The molecule has 2 N–H and O–H groups in total. The summed E-state index contributed by atoms with van der Waals surface area (Å²) in [6.07, 6.45) is 1.04. The van der Waals surface area contributed by atoms with E-state index >= 15 is 0 Å². The number of hydrogen-bond acceptors (Lipinski definition) is 3. The van der Waals surface area contributed by atoms with Gasteiger partial charge in [0.25, 0.3) is 5.91 Å². The van der Waals surface area contributed by atoms with Crippen LogP contribution in [0.1, 0.15) is 35.0 Å². The Morgan fingerprint density at radius 2 is 2.14 bits per heavy atom. The fraction of sp³-hybridized carbons (Fsp3) is 0.333. The van der Waals surface area contributed by atoms with Gasteiger partial charge < -0.3 is 10.4 Å². The maximum atomic E-state index is 13.2. The molecule has 0 saturated carbocycles. The maximum Gasteiger partial charge on any atom is 0.326 e. The van der Waals surface area contributed by atoms with Gasteiger partial charge in [-0.3, -0.25) is 4.79 Å². The molecule has 0 fully saturated rings. The Bertz CT molecular complexity index is 696. The number of hydrogen-bond donors (Lipinski definition) is 2. The SMILES string of the molecule is CCCC(NC(=O)c1sc2cc(F)ccc2c1C)C(=O)O. The smallest absolute Gasteiger partial charge is 0.326 e. The van der Waals surface area contributed by atoms with E-state index in [1.165, 1.54) is 23.5 Å². The molecule has 1 amide bonds. The van der Waals surface area contributed by atoms with Gasteiger partial charge in [-0.15, -0.1) is 11.3 Å². The van der Waals surface area contributed by atoms with Crippen molar-refractivity contribution in [1.29, 1.82) is 0 Å².